The Morgan fingerprint density at radius 3 is 2.87 bits per heavy atom. The fourth-order valence-electron chi connectivity index (χ4n) is 1.87. The summed E-state index contributed by atoms with van der Waals surface area (Å²) in [6, 6.07) is 7.35. The lowest BCUT2D eigenvalue weighted by atomic mass is 10.2. The van der Waals surface area contributed by atoms with Crippen LogP contribution in [0.3, 0.4) is 0 Å². The third-order valence-electron chi connectivity index (χ3n) is 3.04. The maximum Gasteiger partial charge on any atom is 0.273 e. The Morgan fingerprint density at radius 1 is 1.43 bits per heavy atom. The molecule has 1 heterocycles. The van der Waals surface area contributed by atoms with E-state index in [0.717, 1.165) is 5.56 Å². The average molecular weight is 339 g/mol. The first kappa shape index (κ1) is 17.4. The van der Waals surface area contributed by atoms with Crippen LogP contribution in [-0.4, -0.2) is 51.9 Å². The molecule has 23 heavy (non-hydrogen) atoms. The van der Waals surface area contributed by atoms with E-state index in [1.54, 1.807) is 23.0 Å². The van der Waals surface area contributed by atoms with E-state index >= 15 is 0 Å². The number of hydrogen-bond acceptors (Lipinski definition) is 5. The Balaban J connectivity index is 1.85. The summed E-state index contributed by atoms with van der Waals surface area (Å²) in [5, 5.41) is 20.6. The number of carbonyl (C=O) groups excluding carboxylic acids is 1. The van der Waals surface area contributed by atoms with E-state index < -0.39 is 6.10 Å². The molecule has 1 aromatic carbocycles. The van der Waals surface area contributed by atoms with Gasteiger partial charge in [-0.1, -0.05) is 28.9 Å². The van der Waals surface area contributed by atoms with Gasteiger partial charge >= 0.3 is 0 Å². The summed E-state index contributed by atoms with van der Waals surface area (Å²) in [6.07, 6.45) is 0.807. The van der Waals surface area contributed by atoms with E-state index in [2.05, 4.69) is 15.6 Å². The van der Waals surface area contributed by atoms with Crippen molar-refractivity contribution in [1.29, 1.82) is 0 Å². The van der Waals surface area contributed by atoms with Crippen LogP contribution in [0, 0.1) is 0 Å². The van der Waals surface area contributed by atoms with Crippen molar-refractivity contribution in [1.82, 2.24) is 20.3 Å². The Labute approximate surface area is 139 Å². The molecular weight excluding hydrogens is 320 g/mol. The van der Waals surface area contributed by atoms with Gasteiger partial charge in [-0.15, -0.1) is 5.10 Å². The van der Waals surface area contributed by atoms with Gasteiger partial charge in [0, 0.05) is 18.2 Å². The molecule has 0 unspecified atom stereocenters. The van der Waals surface area contributed by atoms with Gasteiger partial charge in [0.15, 0.2) is 5.69 Å². The van der Waals surface area contributed by atoms with Crippen LogP contribution >= 0.6 is 11.6 Å². The van der Waals surface area contributed by atoms with Gasteiger partial charge in [0.1, 0.15) is 0 Å². The van der Waals surface area contributed by atoms with Crippen molar-refractivity contribution in [3.63, 3.8) is 0 Å². The zero-order chi connectivity index (χ0) is 16.7. The molecule has 124 valence electrons. The fourth-order valence-corrected chi connectivity index (χ4v) is 2.00. The van der Waals surface area contributed by atoms with Crippen LogP contribution in [0.5, 0.6) is 0 Å². The van der Waals surface area contributed by atoms with Gasteiger partial charge in [-0.05, 0) is 24.6 Å². The molecule has 0 aliphatic rings. The molecule has 0 aliphatic carbocycles. The highest BCUT2D eigenvalue weighted by molar-refractivity contribution is 6.30. The van der Waals surface area contributed by atoms with Crippen molar-refractivity contribution >= 4 is 17.5 Å². The van der Waals surface area contributed by atoms with Gasteiger partial charge in [0.25, 0.3) is 5.91 Å². The number of hydrogen-bond donors (Lipinski definition) is 2. The Bertz CT molecular complexity index is 630. The minimum absolute atomic E-state index is 0.100. The number of carbonyl (C=O) groups is 1. The Hall–Kier alpha value is -1.96. The van der Waals surface area contributed by atoms with Crippen molar-refractivity contribution < 1.29 is 14.6 Å². The summed E-state index contributed by atoms with van der Waals surface area (Å²) in [7, 11) is 0. The van der Waals surface area contributed by atoms with Crippen LogP contribution in [0.4, 0.5) is 0 Å². The number of aliphatic hydroxyl groups is 1. The van der Waals surface area contributed by atoms with Crippen LogP contribution in [0.25, 0.3) is 0 Å². The second-order valence-electron chi connectivity index (χ2n) is 4.95. The minimum Gasteiger partial charge on any atom is -0.389 e. The first-order valence-electron chi connectivity index (χ1n) is 7.27. The number of amides is 1. The maximum atomic E-state index is 11.9. The number of nitrogens with one attached hydrogen (secondary N) is 1. The molecule has 2 aromatic rings. The van der Waals surface area contributed by atoms with E-state index in [9.17, 15) is 9.90 Å². The zero-order valence-corrected chi connectivity index (χ0v) is 13.5. The molecular formula is C15H19ClN4O3. The number of nitrogens with zero attached hydrogens (tertiary/aromatic N) is 3. The fraction of sp³-hybridized carbons (Fsp3) is 0.400. The van der Waals surface area contributed by atoms with Crippen molar-refractivity contribution in [2.75, 3.05) is 19.8 Å². The molecule has 1 atom stereocenters. The second-order valence-corrected chi connectivity index (χ2v) is 5.39. The predicted octanol–water partition coefficient (Wildman–Crippen LogP) is 1.11. The Morgan fingerprint density at radius 2 is 2.17 bits per heavy atom. The largest absolute Gasteiger partial charge is 0.389 e. The van der Waals surface area contributed by atoms with Crippen LogP contribution < -0.4 is 5.32 Å². The number of aromatic nitrogens is 3. The van der Waals surface area contributed by atoms with Crippen LogP contribution in [0.2, 0.25) is 5.02 Å². The smallest absolute Gasteiger partial charge is 0.273 e. The summed E-state index contributed by atoms with van der Waals surface area (Å²) >= 11 is 5.84. The summed E-state index contributed by atoms with van der Waals surface area (Å²) in [6.45, 7) is 3.13. The van der Waals surface area contributed by atoms with Gasteiger partial charge in [-0.3, -0.25) is 4.79 Å². The number of rotatable bonds is 8. The first-order valence-corrected chi connectivity index (χ1v) is 7.65. The van der Waals surface area contributed by atoms with E-state index in [0.29, 0.717) is 18.2 Å². The highest BCUT2D eigenvalue weighted by Gasteiger charge is 2.13. The molecule has 0 bridgehead atoms. The lowest BCUT2D eigenvalue weighted by molar-refractivity contribution is 0.0417. The molecule has 0 radical (unpaired) electrons. The summed E-state index contributed by atoms with van der Waals surface area (Å²) in [4.78, 5) is 11.9. The molecule has 7 nitrogen and oxygen atoms in total. The van der Waals surface area contributed by atoms with Gasteiger partial charge in [-0.25, -0.2) is 4.68 Å². The predicted molar refractivity (Wildman–Crippen MR) is 85.4 cm³/mol. The van der Waals surface area contributed by atoms with E-state index in [4.69, 9.17) is 16.3 Å². The molecule has 2 N–H and O–H groups in total. The molecule has 1 aromatic heterocycles. The molecule has 0 spiro atoms. The van der Waals surface area contributed by atoms with Gasteiger partial charge in [0.05, 0.1) is 25.5 Å². The molecule has 2 rings (SSSR count). The standard InChI is InChI=1S/C15H19ClN4O3/c1-2-23-10-13(21)7-17-15(22)14-9-20(19-18-14)8-11-3-5-12(16)6-4-11/h3-6,9,13,21H,2,7-8,10H2,1H3,(H,17,22)/t13-/m1/s1. The molecule has 0 fully saturated rings. The van der Waals surface area contributed by atoms with Crippen LogP contribution in [0.15, 0.2) is 30.5 Å². The van der Waals surface area contributed by atoms with E-state index in [-0.39, 0.29) is 24.8 Å². The highest BCUT2D eigenvalue weighted by atomic mass is 35.5. The van der Waals surface area contributed by atoms with Crippen LogP contribution in [0.1, 0.15) is 23.0 Å². The van der Waals surface area contributed by atoms with Crippen molar-refractivity contribution in [3.05, 3.63) is 46.7 Å². The van der Waals surface area contributed by atoms with Crippen molar-refractivity contribution in [2.24, 2.45) is 0 Å². The third-order valence-corrected chi connectivity index (χ3v) is 3.29. The number of ether oxygens (including phenoxy) is 1. The number of benzene rings is 1. The SMILES string of the molecule is CCOC[C@H](O)CNC(=O)c1cn(Cc2ccc(Cl)cc2)nn1. The van der Waals surface area contributed by atoms with Crippen LogP contribution in [-0.2, 0) is 11.3 Å². The molecule has 0 aliphatic heterocycles. The monoisotopic (exact) mass is 338 g/mol. The average Bonchev–Trinajstić information content (AvgIpc) is 3.01. The summed E-state index contributed by atoms with van der Waals surface area (Å²) < 4.78 is 6.63. The second kappa shape index (κ2) is 8.61. The molecule has 1 amide bonds. The normalized spacial score (nSPS) is 12.1. The first-order chi connectivity index (χ1) is 11.1. The topological polar surface area (TPSA) is 89.3 Å². The lowest BCUT2D eigenvalue weighted by Crippen LogP contribution is -2.34. The minimum atomic E-state index is -0.747. The van der Waals surface area contributed by atoms with Gasteiger partial charge in [0.2, 0.25) is 0 Å². The molecule has 0 saturated heterocycles. The Kier molecular flexibility index (Phi) is 6.52. The van der Waals surface area contributed by atoms with E-state index in [1.165, 1.54) is 0 Å². The molecule has 0 saturated carbocycles. The third kappa shape index (κ3) is 5.63. The number of aliphatic hydroxyl groups excluding tert-OH is 1. The van der Waals surface area contributed by atoms with E-state index in [1.807, 2.05) is 19.1 Å². The van der Waals surface area contributed by atoms with Gasteiger partial charge in [-0.2, -0.15) is 0 Å². The van der Waals surface area contributed by atoms with Gasteiger partial charge < -0.3 is 15.2 Å². The van der Waals surface area contributed by atoms with Crippen molar-refractivity contribution in [2.45, 2.75) is 19.6 Å². The summed E-state index contributed by atoms with van der Waals surface area (Å²) in [5.74, 6) is -0.386. The number of halogens is 1. The highest BCUT2D eigenvalue weighted by Crippen LogP contribution is 2.10. The van der Waals surface area contributed by atoms with Crippen molar-refractivity contribution in [3.8, 4) is 0 Å². The molecule has 8 heteroatoms. The lowest BCUT2D eigenvalue weighted by Gasteiger charge is -2.10. The maximum absolute atomic E-state index is 11.9. The zero-order valence-electron chi connectivity index (χ0n) is 12.8. The quantitative estimate of drug-likeness (QED) is 0.752. The summed E-state index contributed by atoms with van der Waals surface area (Å²) in [5.41, 5.74) is 1.20.